The number of amides is 1. The van der Waals surface area contributed by atoms with Gasteiger partial charge >= 0.3 is 0 Å². The number of halogens is 1. The number of hydrogen-bond donors (Lipinski definition) is 1. The average Bonchev–Trinajstić information content (AvgIpc) is 2.91. The molecule has 0 radical (unpaired) electrons. The van der Waals surface area contributed by atoms with Crippen molar-refractivity contribution in [2.45, 2.75) is 26.9 Å². The fraction of sp³-hybridized carbons (Fsp3) is 0.238. The van der Waals surface area contributed by atoms with Gasteiger partial charge in [0.15, 0.2) is 0 Å². The number of aromatic nitrogens is 2. The van der Waals surface area contributed by atoms with Crippen LogP contribution in [0.15, 0.2) is 48.5 Å². The fourth-order valence-corrected chi connectivity index (χ4v) is 3.04. The molecular weight excluding hydrogens is 345 g/mol. The lowest BCUT2D eigenvalue weighted by Crippen LogP contribution is -2.15. The van der Waals surface area contributed by atoms with Crippen LogP contribution >= 0.6 is 0 Å². The second-order valence-corrected chi connectivity index (χ2v) is 6.40. The molecular formula is C21H22FN3O2. The van der Waals surface area contributed by atoms with Gasteiger partial charge in [0.05, 0.1) is 24.4 Å². The molecule has 27 heavy (non-hydrogen) atoms. The van der Waals surface area contributed by atoms with E-state index in [0.717, 1.165) is 33.9 Å². The number of benzene rings is 2. The van der Waals surface area contributed by atoms with Gasteiger partial charge in [0.25, 0.3) is 0 Å². The third-order valence-corrected chi connectivity index (χ3v) is 4.37. The summed E-state index contributed by atoms with van der Waals surface area (Å²) < 4.78 is 20.0. The van der Waals surface area contributed by atoms with Gasteiger partial charge in [-0.25, -0.2) is 9.07 Å². The number of aryl methyl sites for hydroxylation is 1. The van der Waals surface area contributed by atoms with Crippen LogP contribution in [0.25, 0.3) is 5.69 Å². The standard InChI is InChI=1S/C21H22FN3O2/c1-14-20(15(2)25(24-14)19-9-7-17(22)8-10-19)12-21(26)23-18-6-4-5-16(11-18)13-27-3/h4-11H,12-13H2,1-3H3,(H,23,26). The van der Waals surface area contributed by atoms with Gasteiger partial charge in [-0.15, -0.1) is 0 Å². The van der Waals surface area contributed by atoms with Crippen molar-refractivity contribution in [1.29, 1.82) is 0 Å². The molecule has 0 spiro atoms. The smallest absolute Gasteiger partial charge is 0.228 e. The zero-order chi connectivity index (χ0) is 19.4. The summed E-state index contributed by atoms with van der Waals surface area (Å²) in [4.78, 5) is 12.5. The maximum absolute atomic E-state index is 13.2. The number of methoxy groups -OCH3 is 1. The van der Waals surface area contributed by atoms with Crippen molar-refractivity contribution >= 4 is 11.6 Å². The largest absolute Gasteiger partial charge is 0.380 e. The number of nitrogens with zero attached hydrogens (tertiary/aromatic N) is 2. The van der Waals surface area contributed by atoms with Crippen LogP contribution in [-0.2, 0) is 22.6 Å². The Hall–Kier alpha value is -2.99. The molecule has 5 nitrogen and oxygen atoms in total. The first-order chi connectivity index (χ1) is 13.0. The number of carbonyl (C=O) groups is 1. The van der Waals surface area contributed by atoms with Crippen LogP contribution in [0.1, 0.15) is 22.5 Å². The molecule has 1 heterocycles. The quantitative estimate of drug-likeness (QED) is 0.718. The first kappa shape index (κ1) is 18.8. The van der Waals surface area contributed by atoms with Crippen molar-refractivity contribution < 1.29 is 13.9 Å². The fourth-order valence-electron chi connectivity index (χ4n) is 3.04. The SMILES string of the molecule is COCc1cccc(NC(=O)Cc2c(C)nn(-c3ccc(F)cc3)c2C)c1. The Morgan fingerprint density at radius 1 is 1.19 bits per heavy atom. The maximum atomic E-state index is 13.2. The first-order valence-electron chi connectivity index (χ1n) is 8.66. The lowest BCUT2D eigenvalue weighted by molar-refractivity contribution is -0.115. The van der Waals surface area contributed by atoms with Gasteiger partial charge in [-0.2, -0.15) is 5.10 Å². The minimum Gasteiger partial charge on any atom is -0.380 e. The summed E-state index contributed by atoms with van der Waals surface area (Å²) in [5, 5.41) is 7.43. The van der Waals surface area contributed by atoms with E-state index in [1.807, 2.05) is 38.1 Å². The highest BCUT2D eigenvalue weighted by Crippen LogP contribution is 2.20. The van der Waals surface area contributed by atoms with Crippen molar-refractivity contribution in [3.8, 4) is 5.69 Å². The predicted octanol–water partition coefficient (Wildman–Crippen LogP) is 3.96. The molecule has 140 valence electrons. The number of rotatable bonds is 6. The molecule has 0 saturated heterocycles. The van der Waals surface area contributed by atoms with Crippen molar-refractivity contribution in [1.82, 2.24) is 9.78 Å². The topological polar surface area (TPSA) is 56.1 Å². The minimum atomic E-state index is -0.296. The highest BCUT2D eigenvalue weighted by Gasteiger charge is 2.16. The van der Waals surface area contributed by atoms with Gasteiger partial charge in [0, 0.05) is 24.1 Å². The molecule has 6 heteroatoms. The van der Waals surface area contributed by atoms with E-state index in [-0.39, 0.29) is 18.1 Å². The number of hydrogen-bond acceptors (Lipinski definition) is 3. The van der Waals surface area contributed by atoms with Crippen LogP contribution in [-0.4, -0.2) is 22.8 Å². The Morgan fingerprint density at radius 3 is 2.63 bits per heavy atom. The molecule has 2 aromatic carbocycles. The summed E-state index contributed by atoms with van der Waals surface area (Å²) >= 11 is 0. The summed E-state index contributed by atoms with van der Waals surface area (Å²) in [6.45, 7) is 4.27. The number of nitrogens with one attached hydrogen (secondary N) is 1. The van der Waals surface area contributed by atoms with Crippen LogP contribution in [0, 0.1) is 19.7 Å². The Morgan fingerprint density at radius 2 is 1.93 bits per heavy atom. The van der Waals surface area contributed by atoms with Crippen LogP contribution in [0.4, 0.5) is 10.1 Å². The van der Waals surface area contributed by atoms with Crippen molar-refractivity contribution in [3.05, 3.63) is 76.9 Å². The Bertz CT molecular complexity index is 949. The molecule has 3 rings (SSSR count). The minimum absolute atomic E-state index is 0.116. The highest BCUT2D eigenvalue weighted by molar-refractivity contribution is 5.92. The van der Waals surface area contributed by atoms with Crippen molar-refractivity contribution in [3.63, 3.8) is 0 Å². The number of ether oxygens (including phenoxy) is 1. The van der Waals surface area contributed by atoms with Gasteiger partial charge in [-0.05, 0) is 55.8 Å². The molecule has 0 atom stereocenters. The van der Waals surface area contributed by atoms with E-state index in [9.17, 15) is 9.18 Å². The molecule has 0 fully saturated rings. The Labute approximate surface area is 157 Å². The summed E-state index contributed by atoms with van der Waals surface area (Å²) in [5.74, 6) is -0.412. The van der Waals surface area contributed by atoms with Crippen LogP contribution in [0.2, 0.25) is 0 Å². The van der Waals surface area contributed by atoms with E-state index in [1.165, 1.54) is 12.1 Å². The first-order valence-corrected chi connectivity index (χ1v) is 8.66. The van der Waals surface area contributed by atoms with Crippen LogP contribution in [0.3, 0.4) is 0 Å². The highest BCUT2D eigenvalue weighted by atomic mass is 19.1. The van der Waals surface area contributed by atoms with Crippen molar-refractivity contribution in [2.24, 2.45) is 0 Å². The van der Waals surface area contributed by atoms with E-state index in [2.05, 4.69) is 10.4 Å². The van der Waals surface area contributed by atoms with Gasteiger partial charge in [-0.1, -0.05) is 12.1 Å². The molecule has 0 aliphatic rings. The molecule has 0 saturated carbocycles. The van der Waals surface area contributed by atoms with Crippen LogP contribution in [0.5, 0.6) is 0 Å². The zero-order valence-corrected chi connectivity index (χ0v) is 15.6. The number of anilines is 1. The third kappa shape index (κ3) is 4.41. The van der Waals surface area contributed by atoms with Gasteiger partial charge in [0.1, 0.15) is 5.82 Å². The average molecular weight is 367 g/mol. The molecule has 0 aliphatic heterocycles. The lowest BCUT2D eigenvalue weighted by Gasteiger charge is -2.08. The lowest BCUT2D eigenvalue weighted by atomic mass is 10.1. The second-order valence-electron chi connectivity index (χ2n) is 6.40. The van der Waals surface area contributed by atoms with E-state index >= 15 is 0 Å². The second kappa shape index (κ2) is 8.14. The molecule has 1 amide bonds. The summed E-state index contributed by atoms with van der Waals surface area (Å²) in [7, 11) is 1.63. The maximum Gasteiger partial charge on any atom is 0.228 e. The molecule has 1 aromatic heterocycles. The molecule has 0 bridgehead atoms. The van der Waals surface area contributed by atoms with E-state index in [1.54, 1.807) is 23.9 Å². The normalized spacial score (nSPS) is 10.8. The summed E-state index contributed by atoms with van der Waals surface area (Å²) in [6.07, 6.45) is 0.216. The Balaban J connectivity index is 1.76. The van der Waals surface area contributed by atoms with Gasteiger partial charge in [0.2, 0.25) is 5.91 Å². The zero-order valence-electron chi connectivity index (χ0n) is 15.6. The third-order valence-electron chi connectivity index (χ3n) is 4.37. The molecule has 0 aliphatic carbocycles. The summed E-state index contributed by atoms with van der Waals surface area (Å²) in [6, 6.07) is 13.7. The van der Waals surface area contributed by atoms with Crippen molar-refractivity contribution in [2.75, 3.05) is 12.4 Å². The Kier molecular flexibility index (Phi) is 5.66. The molecule has 3 aromatic rings. The van der Waals surface area contributed by atoms with Gasteiger partial charge in [-0.3, -0.25) is 4.79 Å². The summed E-state index contributed by atoms with van der Waals surface area (Å²) in [5.41, 5.74) is 4.99. The van der Waals surface area contributed by atoms with Crippen LogP contribution < -0.4 is 5.32 Å². The van der Waals surface area contributed by atoms with Gasteiger partial charge < -0.3 is 10.1 Å². The molecule has 0 unspecified atom stereocenters. The van der Waals surface area contributed by atoms with E-state index in [4.69, 9.17) is 4.74 Å². The predicted molar refractivity (Wildman–Crippen MR) is 102 cm³/mol. The number of carbonyl (C=O) groups excluding carboxylic acids is 1. The monoisotopic (exact) mass is 367 g/mol. The van der Waals surface area contributed by atoms with E-state index < -0.39 is 0 Å². The van der Waals surface area contributed by atoms with E-state index in [0.29, 0.717) is 6.61 Å². The molecule has 1 N–H and O–H groups in total.